The summed E-state index contributed by atoms with van der Waals surface area (Å²) >= 11 is 5.93. The molecule has 2 aromatic rings. The third-order valence-electron chi connectivity index (χ3n) is 2.70. The highest BCUT2D eigenvalue weighted by molar-refractivity contribution is 6.31. The van der Waals surface area contributed by atoms with E-state index in [1.807, 2.05) is 0 Å². The number of carboxylic acids is 1. The molecule has 5 heteroatoms. The van der Waals surface area contributed by atoms with Gasteiger partial charge in [-0.2, -0.15) is 0 Å². The molecule has 0 unspecified atom stereocenters. The van der Waals surface area contributed by atoms with E-state index in [-0.39, 0.29) is 11.3 Å². The van der Waals surface area contributed by atoms with E-state index in [1.165, 1.54) is 19.2 Å². The number of hydrogen-bond acceptors (Lipinski definition) is 3. The third-order valence-corrected chi connectivity index (χ3v) is 2.94. The molecule has 0 saturated carbocycles. The maximum absolute atomic E-state index is 10.8. The first-order valence-electron chi connectivity index (χ1n) is 5.43. The Morgan fingerprint density at radius 1 is 1.21 bits per heavy atom. The first kappa shape index (κ1) is 13.2. The zero-order chi connectivity index (χ0) is 14.0. The fourth-order valence-corrected chi connectivity index (χ4v) is 1.96. The highest BCUT2D eigenvalue weighted by Gasteiger charge is 2.13. The number of ether oxygens (including phenoxy) is 1. The van der Waals surface area contributed by atoms with Gasteiger partial charge in [-0.15, -0.1) is 0 Å². The van der Waals surface area contributed by atoms with Crippen LogP contribution in [0.3, 0.4) is 0 Å². The van der Waals surface area contributed by atoms with Gasteiger partial charge in [0.25, 0.3) is 0 Å². The van der Waals surface area contributed by atoms with E-state index in [0.29, 0.717) is 21.9 Å². The van der Waals surface area contributed by atoms with Gasteiger partial charge in [0.2, 0.25) is 0 Å². The Bertz CT molecular complexity index is 637. The molecule has 0 aliphatic rings. The lowest BCUT2D eigenvalue weighted by Gasteiger charge is -2.10. The van der Waals surface area contributed by atoms with Gasteiger partial charge >= 0.3 is 5.97 Å². The van der Waals surface area contributed by atoms with Crippen LogP contribution in [-0.4, -0.2) is 23.3 Å². The lowest BCUT2D eigenvalue weighted by molar-refractivity contribution is 0.0694. The first-order valence-corrected chi connectivity index (χ1v) is 5.81. The highest BCUT2D eigenvalue weighted by Crippen LogP contribution is 2.34. The van der Waals surface area contributed by atoms with Crippen molar-refractivity contribution in [2.45, 2.75) is 0 Å². The van der Waals surface area contributed by atoms with Gasteiger partial charge in [-0.3, -0.25) is 0 Å². The summed E-state index contributed by atoms with van der Waals surface area (Å²) in [6.45, 7) is 0. The van der Waals surface area contributed by atoms with Gasteiger partial charge in [0, 0.05) is 10.6 Å². The quantitative estimate of drug-likeness (QED) is 0.903. The SMILES string of the molecule is COc1ccc(Cl)cc1-c1ccc(C(=O)O)c(O)c1. The molecule has 2 N–H and O–H groups in total. The molecule has 98 valence electrons. The summed E-state index contributed by atoms with van der Waals surface area (Å²) in [6, 6.07) is 9.40. The maximum Gasteiger partial charge on any atom is 0.339 e. The number of benzene rings is 2. The Hall–Kier alpha value is -2.20. The maximum atomic E-state index is 10.8. The molecule has 0 radical (unpaired) electrons. The number of phenols is 1. The predicted molar refractivity (Wildman–Crippen MR) is 72.1 cm³/mol. The van der Waals surface area contributed by atoms with Crippen molar-refractivity contribution in [2.24, 2.45) is 0 Å². The predicted octanol–water partition coefficient (Wildman–Crippen LogP) is 3.42. The third kappa shape index (κ3) is 2.63. The number of aromatic hydroxyl groups is 1. The summed E-state index contributed by atoms with van der Waals surface area (Å²) in [5.41, 5.74) is 1.16. The molecule has 0 fully saturated rings. The van der Waals surface area contributed by atoms with Crippen LogP contribution >= 0.6 is 11.6 Å². The Morgan fingerprint density at radius 2 is 1.95 bits per heavy atom. The van der Waals surface area contributed by atoms with Crippen LogP contribution in [0.1, 0.15) is 10.4 Å². The van der Waals surface area contributed by atoms with Gasteiger partial charge in [0.15, 0.2) is 0 Å². The molecule has 0 atom stereocenters. The zero-order valence-corrected chi connectivity index (χ0v) is 10.8. The monoisotopic (exact) mass is 278 g/mol. The Morgan fingerprint density at radius 3 is 2.53 bits per heavy atom. The summed E-state index contributed by atoms with van der Waals surface area (Å²) in [7, 11) is 1.53. The molecule has 0 aliphatic carbocycles. The van der Waals surface area contributed by atoms with Crippen LogP contribution < -0.4 is 4.74 Å². The van der Waals surface area contributed by atoms with E-state index in [0.717, 1.165) is 0 Å². The van der Waals surface area contributed by atoms with Crippen molar-refractivity contribution in [3.8, 4) is 22.6 Å². The molecule has 0 aliphatic heterocycles. The normalized spacial score (nSPS) is 10.2. The largest absolute Gasteiger partial charge is 0.507 e. The molecule has 4 nitrogen and oxygen atoms in total. The molecule has 0 bridgehead atoms. The number of aromatic carboxylic acids is 1. The summed E-state index contributed by atoms with van der Waals surface area (Å²) in [4.78, 5) is 10.8. The fourth-order valence-electron chi connectivity index (χ4n) is 1.79. The lowest BCUT2D eigenvalue weighted by atomic mass is 10.0. The van der Waals surface area contributed by atoms with Crippen molar-refractivity contribution in [1.82, 2.24) is 0 Å². The molecule has 0 spiro atoms. The highest BCUT2D eigenvalue weighted by atomic mass is 35.5. The van der Waals surface area contributed by atoms with Gasteiger partial charge in [-0.25, -0.2) is 4.79 Å². The molecular formula is C14H11ClO4. The average Bonchev–Trinajstić information content (AvgIpc) is 2.38. The molecule has 0 heterocycles. The van der Waals surface area contributed by atoms with E-state index >= 15 is 0 Å². The summed E-state index contributed by atoms with van der Waals surface area (Å²) in [5, 5.41) is 19.1. The number of carboxylic acid groups (broad SMARTS) is 1. The van der Waals surface area contributed by atoms with Gasteiger partial charge < -0.3 is 14.9 Å². The van der Waals surface area contributed by atoms with Gasteiger partial charge in [-0.05, 0) is 35.9 Å². The van der Waals surface area contributed by atoms with Crippen molar-refractivity contribution in [3.05, 3.63) is 47.0 Å². The van der Waals surface area contributed by atoms with E-state index < -0.39 is 5.97 Å². The van der Waals surface area contributed by atoms with Crippen LogP contribution in [0.2, 0.25) is 5.02 Å². The van der Waals surface area contributed by atoms with Gasteiger partial charge in [-0.1, -0.05) is 17.7 Å². The van der Waals surface area contributed by atoms with Gasteiger partial charge in [0.1, 0.15) is 17.1 Å². The smallest absolute Gasteiger partial charge is 0.339 e. The van der Waals surface area contributed by atoms with Crippen LogP contribution in [0.15, 0.2) is 36.4 Å². The van der Waals surface area contributed by atoms with Crippen molar-refractivity contribution < 1.29 is 19.7 Å². The summed E-state index contributed by atoms with van der Waals surface area (Å²) in [5.74, 6) is -0.888. The summed E-state index contributed by atoms with van der Waals surface area (Å²) < 4.78 is 5.22. The second-order valence-electron chi connectivity index (χ2n) is 3.88. The second kappa shape index (κ2) is 5.20. The Labute approximate surface area is 114 Å². The minimum Gasteiger partial charge on any atom is -0.507 e. The fraction of sp³-hybridized carbons (Fsp3) is 0.0714. The van der Waals surface area contributed by atoms with Crippen molar-refractivity contribution in [1.29, 1.82) is 0 Å². The van der Waals surface area contributed by atoms with Crippen LogP contribution in [-0.2, 0) is 0 Å². The molecule has 0 amide bonds. The molecule has 2 aromatic carbocycles. The molecular weight excluding hydrogens is 268 g/mol. The van der Waals surface area contributed by atoms with Crippen molar-refractivity contribution >= 4 is 17.6 Å². The number of methoxy groups -OCH3 is 1. The average molecular weight is 279 g/mol. The van der Waals surface area contributed by atoms with E-state index in [4.69, 9.17) is 21.4 Å². The molecule has 0 aromatic heterocycles. The Kier molecular flexibility index (Phi) is 3.62. The second-order valence-corrected chi connectivity index (χ2v) is 4.32. The summed E-state index contributed by atoms with van der Waals surface area (Å²) in [6.07, 6.45) is 0. The van der Waals surface area contributed by atoms with Crippen LogP contribution in [0, 0.1) is 0 Å². The topological polar surface area (TPSA) is 66.8 Å². The van der Waals surface area contributed by atoms with Crippen molar-refractivity contribution in [3.63, 3.8) is 0 Å². The van der Waals surface area contributed by atoms with E-state index in [1.54, 1.807) is 24.3 Å². The molecule has 2 rings (SSSR count). The number of halogens is 1. The molecule has 0 saturated heterocycles. The van der Waals surface area contributed by atoms with Crippen LogP contribution in [0.4, 0.5) is 0 Å². The first-order chi connectivity index (χ1) is 9.02. The van der Waals surface area contributed by atoms with Crippen LogP contribution in [0.5, 0.6) is 11.5 Å². The van der Waals surface area contributed by atoms with Crippen LogP contribution in [0.25, 0.3) is 11.1 Å². The Balaban J connectivity index is 2.56. The lowest BCUT2D eigenvalue weighted by Crippen LogP contribution is -1.96. The van der Waals surface area contributed by atoms with Crippen molar-refractivity contribution in [2.75, 3.05) is 7.11 Å². The number of rotatable bonds is 3. The van der Waals surface area contributed by atoms with E-state index in [2.05, 4.69) is 0 Å². The standard InChI is InChI=1S/C14H11ClO4/c1-19-13-5-3-9(15)7-11(13)8-2-4-10(14(17)18)12(16)6-8/h2-7,16H,1H3,(H,17,18). The number of carbonyl (C=O) groups is 1. The zero-order valence-electron chi connectivity index (χ0n) is 10.1. The minimum atomic E-state index is -1.18. The minimum absolute atomic E-state index is 0.148. The molecule has 19 heavy (non-hydrogen) atoms. The number of hydrogen-bond donors (Lipinski definition) is 2. The van der Waals surface area contributed by atoms with Gasteiger partial charge in [0.05, 0.1) is 7.11 Å². The van der Waals surface area contributed by atoms with E-state index in [9.17, 15) is 9.90 Å².